The Hall–Kier alpha value is -2.64. The number of phenolic OH excluding ortho intramolecular Hbond substituents is 1. The van der Waals surface area contributed by atoms with Crippen LogP contribution in [0.25, 0.3) is 0 Å². The minimum atomic E-state index is -0.720. The molecule has 1 aromatic rings. The van der Waals surface area contributed by atoms with Gasteiger partial charge in [0.15, 0.2) is 5.78 Å². The zero-order valence-electron chi connectivity index (χ0n) is 18.5. The lowest BCUT2D eigenvalue weighted by atomic mass is 9.67. The first kappa shape index (κ1) is 23.0. The van der Waals surface area contributed by atoms with E-state index in [4.69, 9.17) is 15.2 Å². The highest BCUT2D eigenvalue weighted by molar-refractivity contribution is 6.04. The van der Waals surface area contributed by atoms with Crippen molar-refractivity contribution in [2.24, 2.45) is 11.1 Å². The van der Waals surface area contributed by atoms with E-state index in [1.807, 2.05) is 0 Å². The van der Waals surface area contributed by atoms with Crippen LogP contribution < -0.4 is 11.1 Å². The van der Waals surface area contributed by atoms with Crippen LogP contribution in [-0.4, -0.2) is 43.2 Å². The molecule has 0 amide bonds. The lowest BCUT2D eigenvalue weighted by Crippen LogP contribution is -2.41. The van der Waals surface area contributed by atoms with Crippen molar-refractivity contribution in [2.45, 2.75) is 46.0 Å². The molecule has 1 heterocycles. The number of dihydropyridines is 1. The summed E-state index contributed by atoms with van der Waals surface area (Å²) >= 11 is 0. The number of Topliss-reactive ketones (excluding diaryl/α,β-unsaturated/α-hetero) is 1. The van der Waals surface area contributed by atoms with Crippen LogP contribution in [0.1, 0.15) is 51.5 Å². The van der Waals surface area contributed by atoms with Crippen molar-refractivity contribution in [1.29, 1.82) is 0 Å². The fraction of sp³-hybridized carbons (Fsp3) is 0.500. The Morgan fingerprint density at radius 3 is 2.68 bits per heavy atom. The lowest BCUT2D eigenvalue weighted by Gasteiger charge is -2.41. The number of ether oxygens (including phenoxy) is 2. The average Bonchev–Trinajstić information content (AvgIpc) is 2.73. The zero-order valence-corrected chi connectivity index (χ0v) is 18.5. The molecule has 0 bridgehead atoms. The first-order chi connectivity index (χ1) is 14.8. The Morgan fingerprint density at radius 1 is 1.29 bits per heavy atom. The van der Waals surface area contributed by atoms with Crippen molar-refractivity contribution < 1.29 is 24.2 Å². The number of carbonyl (C=O) groups is 2. The van der Waals surface area contributed by atoms with Crippen LogP contribution in [0.15, 0.2) is 46.8 Å². The molecule has 4 N–H and O–H groups in total. The van der Waals surface area contributed by atoms with Gasteiger partial charge in [0, 0.05) is 29.8 Å². The number of carbonyl (C=O) groups excluding carboxylic acids is 2. The third-order valence-corrected chi connectivity index (χ3v) is 6.13. The predicted molar refractivity (Wildman–Crippen MR) is 117 cm³/mol. The van der Waals surface area contributed by atoms with Crippen LogP contribution in [0.4, 0.5) is 0 Å². The summed E-state index contributed by atoms with van der Waals surface area (Å²) in [5.41, 5.74) is 8.05. The van der Waals surface area contributed by atoms with Crippen LogP contribution >= 0.6 is 0 Å². The summed E-state index contributed by atoms with van der Waals surface area (Å²) in [6.07, 6.45) is 1.92. The summed E-state index contributed by atoms with van der Waals surface area (Å²) in [7, 11) is 0. The Kier molecular flexibility index (Phi) is 7.18. The molecule has 7 nitrogen and oxygen atoms in total. The van der Waals surface area contributed by atoms with Crippen LogP contribution in [0.2, 0.25) is 0 Å². The summed E-state index contributed by atoms with van der Waals surface area (Å²) in [4.78, 5) is 26.5. The van der Waals surface area contributed by atoms with Gasteiger partial charge in [0.2, 0.25) is 0 Å². The molecule has 2 aliphatic rings. The highest BCUT2D eigenvalue weighted by Crippen LogP contribution is 2.49. The first-order valence-corrected chi connectivity index (χ1v) is 10.8. The van der Waals surface area contributed by atoms with Crippen molar-refractivity contribution in [1.82, 2.24) is 5.32 Å². The van der Waals surface area contributed by atoms with Gasteiger partial charge in [-0.05, 0) is 31.2 Å². The van der Waals surface area contributed by atoms with E-state index in [-0.39, 0.29) is 30.2 Å². The van der Waals surface area contributed by atoms with Crippen LogP contribution in [-0.2, 0) is 19.1 Å². The van der Waals surface area contributed by atoms with E-state index in [1.54, 1.807) is 31.2 Å². The molecule has 3 rings (SSSR count). The van der Waals surface area contributed by atoms with Crippen molar-refractivity contribution in [2.75, 3.05) is 26.4 Å². The third-order valence-electron chi connectivity index (χ3n) is 6.13. The standard InChI is InChI=1S/C24H32N2O5/c1-4-24(3)12-16-21(19(28)13-24)20(15-8-6-7-9-18(15)27)22(23(29)31-5-2)17(26-16)14-30-11-10-25/h6-9,20,26-27H,4-5,10-14,25H2,1-3H3. The minimum Gasteiger partial charge on any atom is -0.508 e. The maximum absolute atomic E-state index is 13.4. The second kappa shape index (κ2) is 9.66. The number of phenols is 1. The van der Waals surface area contributed by atoms with Crippen LogP contribution in [0.5, 0.6) is 5.75 Å². The van der Waals surface area contributed by atoms with Gasteiger partial charge < -0.3 is 25.6 Å². The first-order valence-electron chi connectivity index (χ1n) is 10.8. The molecule has 0 saturated carbocycles. The van der Waals surface area contributed by atoms with Gasteiger partial charge in [0.25, 0.3) is 0 Å². The van der Waals surface area contributed by atoms with Gasteiger partial charge in [0.1, 0.15) is 5.75 Å². The molecule has 168 valence electrons. The fourth-order valence-corrected chi connectivity index (χ4v) is 4.36. The number of esters is 1. The number of aromatic hydroxyl groups is 1. The number of ketones is 1. The molecule has 31 heavy (non-hydrogen) atoms. The van der Waals surface area contributed by atoms with Crippen LogP contribution in [0.3, 0.4) is 0 Å². The topological polar surface area (TPSA) is 111 Å². The molecule has 1 aliphatic carbocycles. The van der Waals surface area contributed by atoms with Gasteiger partial charge in [0.05, 0.1) is 37.0 Å². The Morgan fingerprint density at radius 2 is 2.03 bits per heavy atom. The Balaban J connectivity index is 2.19. The number of rotatable bonds is 8. The van der Waals surface area contributed by atoms with Crippen molar-refractivity contribution >= 4 is 11.8 Å². The Bertz CT molecular complexity index is 920. The van der Waals surface area contributed by atoms with Gasteiger partial charge in [-0.2, -0.15) is 0 Å². The van der Waals surface area contributed by atoms with Gasteiger partial charge in [-0.15, -0.1) is 0 Å². The molecule has 0 radical (unpaired) electrons. The molecular formula is C24H32N2O5. The monoisotopic (exact) mass is 428 g/mol. The quantitative estimate of drug-likeness (QED) is 0.431. The van der Waals surface area contributed by atoms with Gasteiger partial charge in [-0.25, -0.2) is 4.79 Å². The van der Waals surface area contributed by atoms with Crippen molar-refractivity contribution in [3.05, 3.63) is 52.4 Å². The fourth-order valence-electron chi connectivity index (χ4n) is 4.36. The van der Waals surface area contributed by atoms with E-state index in [0.29, 0.717) is 48.4 Å². The number of nitrogens with one attached hydrogen (secondary N) is 1. The summed E-state index contributed by atoms with van der Waals surface area (Å²) in [5.74, 6) is -1.24. The second-order valence-electron chi connectivity index (χ2n) is 8.40. The van der Waals surface area contributed by atoms with E-state index in [0.717, 1.165) is 12.1 Å². The molecular weight excluding hydrogens is 396 g/mol. The molecule has 2 unspecified atom stereocenters. The SMILES string of the molecule is CCOC(=O)C1=C(COCCN)NC2=C(C(=O)CC(C)(CC)C2)C1c1ccccc1O. The summed E-state index contributed by atoms with van der Waals surface area (Å²) in [5, 5.41) is 14.0. The molecule has 0 spiro atoms. The second-order valence-corrected chi connectivity index (χ2v) is 8.40. The third kappa shape index (κ3) is 4.67. The van der Waals surface area contributed by atoms with Gasteiger partial charge >= 0.3 is 5.97 Å². The summed E-state index contributed by atoms with van der Waals surface area (Å²) < 4.78 is 11.0. The number of benzene rings is 1. The van der Waals surface area contributed by atoms with E-state index < -0.39 is 11.9 Å². The number of para-hydroxylation sites is 1. The Labute approximate surface area is 183 Å². The number of hydrogen-bond donors (Lipinski definition) is 3. The molecule has 1 aromatic carbocycles. The largest absolute Gasteiger partial charge is 0.508 e. The van der Waals surface area contributed by atoms with Gasteiger partial charge in [-0.3, -0.25) is 4.79 Å². The zero-order chi connectivity index (χ0) is 22.6. The van der Waals surface area contributed by atoms with Crippen molar-refractivity contribution in [3.63, 3.8) is 0 Å². The highest BCUT2D eigenvalue weighted by atomic mass is 16.5. The van der Waals surface area contributed by atoms with E-state index in [2.05, 4.69) is 19.2 Å². The highest BCUT2D eigenvalue weighted by Gasteiger charge is 2.45. The summed E-state index contributed by atoms with van der Waals surface area (Å²) in [6.45, 7) is 6.92. The summed E-state index contributed by atoms with van der Waals surface area (Å²) in [6, 6.07) is 6.81. The lowest BCUT2D eigenvalue weighted by molar-refractivity contribution is -0.139. The smallest absolute Gasteiger partial charge is 0.336 e. The van der Waals surface area contributed by atoms with E-state index >= 15 is 0 Å². The molecule has 2 atom stereocenters. The van der Waals surface area contributed by atoms with Crippen molar-refractivity contribution in [3.8, 4) is 5.75 Å². The number of allylic oxidation sites excluding steroid dienone is 2. The number of hydrogen-bond acceptors (Lipinski definition) is 7. The predicted octanol–water partition coefficient (Wildman–Crippen LogP) is 2.90. The average molecular weight is 429 g/mol. The maximum Gasteiger partial charge on any atom is 0.336 e. The normalized spacial score (nSPS) is 23.5. The molecule has 0 fully saturated rings. The molecule has 1 aliphatic heterocycles. The van der Waals surface area contributed by atoms with E-state index in [1.165, 1.54) is 0 Å². The number of nitrogens with two attached hydrogens (primary N) is 1. The molecule has 0 aromatic heterocycles. The molecule has 0 saturated heterocycles. The molecule has 7 heteroatoms. The van der Waals surface area contributed by atoms with E-state index in [9.17, 15) is 14.7 Å². The minimum absolute atomic E-state index is 0.0184. The maximum atomic E-state index is 13.4. The van der Waals surface area contributed by atoms with Gasteiger partial charge in [-0.1, -0.05) is 32.0 Å². The van der Waals surface area contributed by atoms with Crippen LogP contribution in [0, 0.1) is 5.41 Å².